The minimum atomic E-state index is 0.520. The molecule has 1 aliphatic rings. The van der Waals surface area contributed by atoms with E-state index in [1.807, 2.05) is 12.3 Å². The summed E-state index contributed by atoms with van der Waals surface area (Å²) in [4.78, 5) is 6.61. The van der Waals surface area contributed by atoms with Crippen LogP contribution in [0.4, 0.5) is 0 Å². The van der Waals surface area contributed by atoms with Gasteiger partial charge in [-0.15, -0.1) is 5.10 Å². The molecule has 148 valence electrons. The number of ether oxygens (including phenoxy) is 1. The maximum absolute atomic E-state index is 5.91. The SMILES string of the molecule is CCC(CC)CCCCc1cn(-c2cncc(OC[C@@H]3CCN3C)c2)nn1. The highest BCUT2D eigenvalue weighted by molar-refractivity contribution is 5.34. The zero-order valence-corrected chi connectivity index (χ0v) is 17.0. The van der Waals surface area contributed by atoms with Gasteiger partial charge in [0, 0.05) is 12.1 Å². The highest BCUT2D eigenvalue weighted by atomic mass is 16.5. The van der Waals surface area contributed by atoms with Crippen LogP contribution in [0.5, 0.6) is 5.75 Å². The lowest BCUT2D eigenvalue weighted by molar-refractivity contribution is 0.0767. The van der Waals surface area contributed by atoms with Crippen LogP contribution in [0, 0.1) is 5.92 Å². The second-order valence-corrected chi connectivity index (χ2v) is 7.70. The van der Waals surface area contributed by atoms with Crippen molar-refractivity contribution < 1.29 is 4.74 Å². The maximum Gasteiger partial charge on any atom is 0.139 e. The van der Waals surface area contributed by atoms with Gasteiger partial charge in [-0.1, -0.05) is 44.7 Å². The lowest BCUT2D eigenvalue weighted by atomic mass is 9.96. The standard InChI is InChI=1S/C21H33N5O/c1-4-17(5-2)8-6-7-9-18-15-26(24-23-18)20-12-21(14-22-13-20)27-16-19-10-11-25(19)3/h12-15,17,19H,4-11,16H2,1-3H3/t19-/m0/s1. The Kier molecular flexibility index (Phi) is 7.21. The molecule has 1 atom stereocenters. The van der Waals surface area contributed by atoms with E-state index < -0.39 is 0 Å². The van der Waals surface area contributed by atoms with Crippen molar-refractivity contribution in [1.82, 2.24) is 24.9 Å². The van der Waals surface area contributed by atoms with Crippen LogP contribution in [0.3, 0.4) is 0 Å². The monoisotopic (exact) mass is 371 g/mol. The van der Waals surface area contributed by atoms with E-state index in [0.717, 1.165) is 36.0 Å². The fraction of sp³-hybridized carbons (Fsp3) is 0.667. The number of unbranched alkanes of at least 4 members (excludes halogenated alkanes) is 1. The molecule has 0 spiro atoms. The molecule has 2 aromatic heterocycles. The zero-order valence-electron chi connectivity index (χ0n) is 17.0. The quantitative estimate of drug-likeness (QED) is 0.561. The molecule has 0 unspecified atom stereocenters. The van der Waals surface area contributed by atoms with Crippen LogP contribution in [-0.4, -0.2) is 51.1 Å². The summed E-state index contributed by atoms with van der Waals surface area (Å²) in [5.41, 5.74) is 1.94. The van der Waals surface area contributed by atoms with Gasteiger partial charge in [-0.25, -0.2) is 4.68 Å². The van der Waals surface area contributed by atoms with E-state index in [0.29, 0.717) is 12.6 Å². The second kappa shape index (κ2) is 9.83. The molecular formula is C21H33N5O. The smallest absolute Gasteiger partial charge is 0.139 e. The summed E-state index contributed by atoms with van der Waals surface area (Å²) in [5.74, 6) is 1.66. The van der Waals surface area contributed by atoms with Crippen LogP contribution in [0.15, 0.2) is 24.7 Å². The first kappa shape index (κ1) is 19.8. The van der Waals surface area contributed by atoms with Crippen LogP contribution in [0.1, 0.15) is 58.1 Å². The number of aromatic nitrogens is 4. The minimum absolute atomic E-state index is 0.520. The van der Waals surface area contributed by atoms with Crippen molar-refractivity contribution in [3.63, 3.8) is 0 Å². The van der Waals surface area contributed by atoms with Crippen molar-refractivity contribution in [3.05, 3.63) is 30.4 Å². The summed E-state index contributed by atoms with van der Waals surface area (Å²) in [6.07, 6.45) is 14.1. The molecule has 2 aromatic rings. The summed E-state index contributed by atoms with van der Waals surface area (Å²) in [5, 5.41) is 8.59. The number of nitrogens with zero attached hydrogens (tertiary/aromatic N) is 5. The molecule has 0 N–H and O–H groups in total. The van der Waals surface area contributed by atoms with Gasteiger partial charge in [0.2, 0.25) is 0 Å². The Morgan fingerprint density at radius 1 is 1.22 bits per heavy atom. The Morgan fingerprint density at radius 3 is 2.78 bits per heavy atom. The van der Waals surface area contributed by atoms with Crippen LogP contribution >= 0.6 is 0 Å². The lowest BCUT2D eigenvalue weighted by Crippen LogP contribution is -2.48. The van der Waals surface area contributed by atoms with Gasteiger partial charge in [-0.05, 0) is 38.8 Å². The summed E-state index contributed by atoms with van der Waals surface area (Å²) in [6.45, 7) is 6.44. The number of likely N-dealkylation sites (N-methyl/N-ethyl adjacent to an activating group) is 1. The van der Waals surface area contributed by atoms with E-state index in [-0.39, 0.29) is 0 Å². The maximum atomic E-state index is 5.91. The van der Waals surface area contributed by atoms with Gasteiger partial charge < -0.3 is 4.74 Å². The largest absolute Gasteiger partial charge is 0.490 e. The molecule has 0 aromatic carbocycles. The average Bonchev–Trinajstić information content (AvgIpc) is 3.16. The zero-order chi connectivity index (χ0) is 19.1. The molecule has 0 bridgehead atoms. The molecule has 0 radical (unpaired) electrons. The van der Waals surface area contributed by atoms with Gasteiger partial charge >= 0.3 is 0 Å². The third-order valence-electron chi connectivity index (χ3n) is 5.83. The van der Waals surface area contributed by atoms with E-state index in [1.54, 1.807) is 17.1 Å². The molecule has 6 nitrogen and oxygen atoms in total. The predicted octanol–water partition coefficient (Wildman–Crippen LogP) is 3.89. The van der Waals surface area contributed by atoms with Crippen LogP contribution in [-0.2, 0) is 6.42 Å². The molecule has 1 fully saturated rings. The molecule has 3 heterocycles. The van der Waals surface area contributed by atoms with E-state index in [1.165, 1.54) is 38.5 Å². The van der Waals surface area contributed by atoms with E-state index in [2.05, 4.69) is 41.1 Å². The minimum Gasteiger partial charge on any atom is -0.490 e. The van der Waals surface area contributed by atoms with Crippen molar-refractivity contribution >= 4 is 0 Å². The number of hydrogen-bond donors (Lipinski definition) is 0. The van der Waals surface area contributed by atoms with Gasteiger partial charge in [-0.3, -0.25) is 9.88 Å². The van der Waals surface area contributed by atoms with Crippen molar-refractivity contribution in [2.24, 2.45) is 5.92 Å². The Morgan fingerprint density at radius 2 is 2.07 bits per heavy atom. The number of rotatable bonds is 11. The number of pyridine rings is 1. The number of aryl methyl sites for hydroxylation is 1. The normalized spacial score (nSPS) is 17.3. The summed E-state index contributed by atoms with van der Waals surface area (Å²) < 4.78 is 7.70. The Labute approximate surface area is 162 Å². The highest BCUT2D eigenvalue weighted by Crippen LogP contribution is 2.20. The first-order valence-electron chi connectivity index (χ1n) is 10.4. The van der Waals surface area contributed by atoms with Gasteiger partial charge in [0.15, 0.2) is 0 Å². The van der Waals surface area contributed by atoms with E-state index >= 15 is 0 Å². The number of hydrogen-bond acceptors (Lipinski definition) is 5. The topological polar surface area (TPSA) is 56.1 Å². The molecule has 27 heavy (non-hydrogen) atoms. The predicted molar refractivity (Wildman–Crippen MR) is 107 cm³/mol. The Bertz CT molecular complexity index is 697. The first-order chi connectivity index (χ1) is 13.2. The third-order valence-corrected chi connectivity index (χ3v) is 5.83. The molecule has 1 aliphatic heterocycles. The number of likely N-dealkylation sites (tertiary alicyclic amines) is 1. The molecule has 1 saturated heterocycles. The Balaban J connectivity index is 1.49. The van der Waals surface area contributed by atoms with E-state index in [9.17, 15) is 0 Å². The van der Waals surface area contributed by atoms with Crippen molar-refractivity contribution in [3.8, 4) is 11.4 Å². The van der Waals surface area contributed by atoms with Gasteiger partial charge in [-0.2, -0.15) is 0 Å². The first-order valence-corrected chi connectivity index (χ1v) is 10.4. The molecular weight excluding hydrogens is 338 g/mol. The van der Waals surface area contributed by atoms with Crippen molar-refractivity contribution in [1.29, 1.82) is 0 Å². The molecule has 6 heteroatoms. The van der Waals surface area contributed by atoms with Gasteiger partial charge in [0.1, 0.15) is 12.4 Å². The fourth-order valence-electron chi connectivity index (χ4n) is 3.56. The van der Waals surface area contributed by atoms with Crippen LogP contribution < -0.4 is 4.74 Å². The summed E-state index contributed by atoms with van der Waals surface area (Å²) >= 11 is 0. The van der Waals surface area contributed by atoms with Crippen molar-refractivity contribution in [2.45, 2.75) is 64.8 Å². The molecule has 0 aliphatic carbocycles. The third kappa shape index (κ3) is 5.51. The van der Waals surface area contributed by atoms with Gasteiger partial charge in [0.25, 0.3) is 0 Å². The van der Waals surface area contributed by atoms with Crippen molar-refractivity contribution in [2.75, 3.05) is 20.2 Å². The molecule has 0 saturated carbocycles. The molecule has 0 amide bonds. The lowest BCUT2D eigenvalue weighted by Gasteiger charge is -2.37. The summed E-state index contributed by atoms with van der Waals surface area (Å²) in [6, 6.07) is 2.50. The highest BCUT2D eigenvalue weighted by Gasteiger charge is 2.24. The average molecular weight is 372 g/mol. The molecule has 3 rings (SSSR count). The second-order valence-electron chi connectivity index (χ2n) is 7.70. The fourth-order valence-corrected chi connectivity index (χ4v) is 3.56. The van der Waals surface area contributed by atoms with Crippen LogP contribution in [0.25, 0.3) is 5.69 Å². The Hall–Kier alpha value is -1.95. The summed E-state index contributed by atoms with van der Waals surface area (Å²) in [7, 11) is 2.13. The van der Waals surface area contributed by atoms with Crippen LogP contribution in [0.2, 0.25) is 0 Å². The van der Waals surface area contributed by atoms with E-state index in [4.69, 9.17) is 4.74 Å². The van der Waals surface area contributed by atoms with Gasteiger partial charge in [0.05, 0.1) is 30.0 Å².